The molecule has 0 bridgehead atoms. The fourth-order valence-electron chi connectivity index (χ4n) is 2.00. The number of alkyl halides is 3. The molecule has 1 aromatic carbocycles. The number of carbonyl (C=O) groups is 2. The molecule has 0 aliphatic carbocycles. The van der Waals surface area contributed by atoms with Gasteiger partial charge < -0.3 is 14.6 Å². The predicted octanol–water partition coefficient (Wildman–Crippen LogP) is 3.23. The van der Waals surface area contributed by atoms with E-state index in [0.717, 1.165) is 17.0 Å². The van der Waals surface area contributed by atoms with Crippen molar-refractivity contribution in [3.8, 4) is 0 Å². The third-order valence-corrected chi connectivity index (χ3v) is 3.47. The molecular formula is C17H22F3NO5. The Hall–Kier alpha value is -2.29. The molecule has 0 aromatic heterocycles. The molecule has 0 spiro atoms. The average Bonchev–Trinajstić information content (AvgIpc) is 2.57. The molecule has 9 heteroatoms. The van der Waals surface area contributed by atoms with Gasteiger partial charge in [-0.25, -0.2) is 9.59 Å². The Balaban J connectivity index is 3.09. The maximum Gasteiger partial charge on any atom is 0.432 e. The smallest absolute Gasteiger partial charge is 0.432 e. The van der Waals surface area contributed by atoms with Crippen molar-refractivity contribution in [1.82, 2.24) is 0 Å². The van der Waals surface area contributed by atoms with Crippen molar-refractivity contribution < 1.29 is 37.3 Å². The first kappa shape index (κ1) is 21.8. The van der Waals surface area contributed by atoms with Gasteiger partial charge in [0, 0.05) is 18.3 Å². The zero-order valence-electron chi connectivity index (χ0n) is 15.0. The summed E-state index contributed by atoms with van der Waals surface area (Å²) in [5, 5.41) is 10.00. The van der Waals surface area contributed by atoms with Gasteiger partial charge in [0.1, 0.15) is 0 Å². The van der Waals surface area contributed by atoms with Crippen molar-refractivity contribution in [2.45, 2.75) is 32.5 Å². The maximum absolute atomic E-state index is 13.3. The van der Waals surface area contributed by atoms with Crippen LogP contribution in [0.25, 0.3) is 0 Å². The number of carbonyl (C=O) groups excluding carboxylic acids is 2. The zero-order valence-corrected chi connectivity index (χ0v) is 15.0. The van der Waals surface area contributed by atoms with Gasteiger partial charge in [-0.2, -0.15) is 13.2 Å². The molecular weight excluding hydrogens is 355 g/mol. The summed E-state index contributed by atoms with van der Waals surface area (Å²) < 4.78 is 49.3. The predicted molar refractivity (Wildman–Crippen MR) is 87.6 cm³/mol. The Morgan fingerprint density at radius 1 is 1.15 bits per heavy atom. The summed E-state index contributed by atoms with van der Waals surface area (Å²) >= 11 is 0. The number of nitrogens with zero attached hydrogens (tertiary/aromatic N) is 1. The van der Waals surface area contributed by atoms with Gasteiger partial charge in [-0.3, -0.25) is 4.90 Å². The van der Waals surface area contributed by atoms with Crippen LogP contribution in [-0.4, -0.2) is 43.6 Å². The molecule has 26 heavy (non-hydrogen) atoms. The van der Waals surface area contributed by atoms with Crippen molar-refractivity contribution in [2.24, 2.45) is 5.92 Å². The van der Waals surface area contributed by atoms with Crippen molar-refractivity contribution in [1.29, 1.82) is 0 Å². The van der Waals surface area contributed by atoms with Crippen LogP contribution in [0.5, 0.6) is 0 Å². The van der Waals surface area contributed by atoms with Crippen LogP contribution in [0.15, 0.2) is 24.3 Å². The van der Waals surface area contributed by atoms with Crippen LogP contribution in [0.2, 0.25) is 0 Å². The van der Waals surface area contributed by atoms with Crippen molar-refractivity contribution in [3.63, 3.8) is 0 Å². The third kappa shape index (κ3) is 4.66. The van der Waals surface area contributed by atoms with Gasteiger partial charge in [0.15, 0.2) is 0 Å². The molecule has 1 atom stereocenters. The number of amides is 1. The number of anilines is 1. The largest absolute Gasteiger partial charge is 0.463 e. The lowest BCUT2D eigenvalue weighted by Gasteiger charge is -2.28. The van der Waals surface area contributed by atoms with Crippen LogP contribution in [0.4, 0.5) is 23.7 Å². The van der Waals surface area contributed by atoms with Crippen LogP contribution in [0.1, 0.15) is 26.3 Å². The van der Waals surface area contributed by atoms with E-state index < -0.39 is 29.4 Å². The van der Waals surface area contributed by atoms with Gasteiger partial charge in [0.05, 0.1) is 13.2 Å². The lowest BCUT2D eigenvalue weighted by Crippen LogP contribution is -2.50. The van der Waals surface area contributed by atoms with E-state index in [2.05, 4.69) is 4.74 Å². The summed E-state index contributed by atoms with van der Waals surface area (Å²) in [5.41, 5.74) is -4.27. The summed E-state index contributed by atoms with van der Waals surface area (Å²) in [6.07, 6.45) is -5.95. The van der Waals surface area contributed by atoms with Crippen LogP contribution in [-0.2, 0) is 19.9 Å². The molecule has 1 unspecified atom stereocenters. The minimum atomic E-state index is -5.27. The van der Waals surface area contributed by atoms with E-state index in [1.54, 1.807) is 0 Å². The number of benzene rings is 1. The number of hydrogen-bond donors (Lipinski definition) is 1. The molecule has 1 rings (SSSR count). The molecule has 0 fully saturated rings. The van der Waals surface area contributed by atoms with Crippen molar-refractivity contribution in [3.05, 3.63) is 29.8 Å². The topological polar surface area (TPSA) is 76.1 Å². The first-order chi connectivity index (χ1) is 11.9. The quantitative estimate of drug-likeness (QED) is 0.771. The average molecular weight is 377 g/mol. The molecule has 0 heterocycles. The van der Waals surface area contributed by atoms with Gasteiger partial charge in [0.25, 0.3) is 5.60 Å². The van der Waals surface area contributed by atoms with E-state index in [0.29, 0.717) is 0 Å². The monoisotopic (exact) mass is 377 g/mol. The standard InChI is InChI=1S/C17H22F3NO5/c1-5-25-14(22)16(24,17(18,19)20)12-6-8-13(9-7-12)21(4)15(23)26-10-11(2)3/h6-9,11,24H,5,10H2,1-4H3. The minimum Gasteiger partial charge on any atom is -0.463 e. The molecule has 1 amide bonds. The molecule has 1 aromatic rings. The first-order valence-electron chi connectivity index (χ1n) is 7.92. The van der Waals surface area contributed by atoms with Crippen molar-refractivity contribution >= 4 is 17.7 Å². The Bertz CT molecular complexity index is 630. The molecule has 0 saturated carbocycles. The maximum atomic E-state index is 13.3. The van der Waals surface area contributed by atoms with Gasteiger partial charge in [-0.05, 0) is 25.0 Å². The lowest BCUT2D eigenvalue weighted by molar-refractivity contribution is -0.267. The summed E-state index contributed by atoms with van der Waals surface area (Å²) in [6, 6.07) is 4.15. The summed E-state index contributed by atoms with van der Waals surface area (Å²) in [7, 11) is 1.39. The second-order valence-corrected chi connectivity index (χ2v) is 6.01. The third-order valence-electron chi connectivity index (χ3n) is 3.47. The van der Waals surface area contributed by atoms with Crippen LogP contribution in [0, 0.1) is 5.92 Å². The SMILES string of the molecule is CCOC(=O)C(O)(c1ccc(N(C)C(=O)OCC(C)C)cc1)C(F)(F)F. The second kappa shape index (κ2) is 8.39. The molecule has 1 N–H and O–H groups in total. The normalized spacial score (nSPS) is 13.9. The van der Waals surface area contributed by atoms with Crippen molar-refractivity contribution in [2.75, 3.05) is 25.2 Å². The lowest BCUT2D eigenvalue weighted by atomic mass is 9.93. The fourth-order valence-corrected chi connectivity index (χ4v) is 2.00. The highest BCUT2D eigenvalue weighted by molar-refractivity contribution is 5.87. The summed E-state index contributed by atoms with van der Waals surface area (Å²) in [4.78, 5) is 24.7. The van der Waals surface area contributed by atoms with Crippen LogP contribution in [0.3, 0.4) is 0 Å². The van der Waals surface area contributed by atoms with Crippen LogP contribution < -0.4 is 4.90 Å². The number of aliphatic hydroxyl groups is 1. The van der Waals surface area contributed by atoms with E-state index in [1.807, 2.05) is 13.8 Å². The molecule has 6 nitrogen and oxygen atoms in total. The number of ether oxygens (including phenoxy) is 2. The molecule has 0 aliphatic heterocycles. The highest BCUT2D eigenvalue weighted by Gasteiger charge is 2.62. The van der Waals surface area contributed by atoms with E-state index >= 15 is 0 Å². The number of esters is 1. The van der Waals surface area contributed by atoms with Crippen LogP contribution >= 0.6 is 0 Å². The Kier molecular flexibility index (Phi) is 7.02. The van der Waals surface area contributed by atoms with E-state index in [-0.39, 0.29) is 24.8 Å². The fraction of sp³-hybridized carbons (Fsp3) is 0.529. The summed E-state index contributed by atoms with van der Waals surface area (Å²) in [6.45, 7) is 4.91. The number of halogens is 3. The molecule has 146 valence electrons. The molecule has 0 saturated heterocycles. The summed E-state index contributed by atoms with van der Waals surface area (Å²) in [5.74, 6) is -1.69. The van der Waals surface area contributed by atoms with E-state index in [1.165, 1.54) is 26.1 Å². The van der Waals surface area contributed by atoms with E-state index in [9.17, 15) is 27.9 Å². The van der Waals surface area contributed by atoms with Gasteiger partial charge in [0.2, 0.25) is 0 Å². The molecule has 0 radical (unpaired) electrons. The van der Waals surface area contributed by atoms with E-state index in [4.69, 9.17) is 4.74 Å². The Morgan fingerprint density at radius 3 is 2.12 bits per heavy atom. The highest BCUT2D eigenvalue weighted by atomic mass is 19.4. The van der Waals surface area contributed by atoms with Gasteiger partial charge in [-0.15, -0.1) is 0 Å². The van der Waals surface area contributed by atoms with Gasteiger partial charge >= 0.3 is 18.2 Å². The Morgan fingerprint density at radius 2 is 1.69 bits per heavy atom. The minimum absolute atomic E-state index is 0.126. The molecule has 0 aliphatic rings. The number of rotatable bonds is 6. The Labute approximate surface area is 149 Å². The first-order valence-corrected chi connectivity index (χ1v) is 7.92. The second-order valence-electron chi connectivity index (χ2n) is 6.01. The highest BCUT2D eigenvalue weighted by Crippen LogP contribution is 2.40. The van der Waals surface area contributed by atoms with Gasteiger partial charge in [-0.1, -0.05) is 26.0 Å². The zero-order chi connectivity index (χ0) is 20.1. The number of hydrogen-bond acceptors (Lipinski definition) is 5.